The number of halogens is 3. The van der Waals surface area contributed by atoms with Crippen molar-refractivity contribution in [1.29, 1.82) is 0 Å². The van der Waals surface area contributed by atoms with E-state index in [1.165, 1.54) is 11.8 Å². The van der Waals surface area contributed by atoms with E-state index in [-0.39, 0.29) is 6.54 Å². The Hall–Kier alpha value is -1.17. The Bertz CT molecular complexity index is 466. The van der Waals surface area contributed by atoms with Crippen molar-refractivity contribution in [2.75, 3.05) is 13.1 Å². The lowest BCUT2D eigenvalue weighted by molar-refractivity contribution is -0.162. The molecule has 1 unspecified atom stereocenters. The van der Waals surface area contributed by atoms with Gasteiger partial charge in [0, 0.05) is 11.4 Å². The molecule has 0 aliphatic carbocycles. The molecule has 2 nitrogen and oxygen atoms in total. The summed E-state index contributed by atoms with van der Waals surface area (Å²) in [5.74, 6) is -0.485. The minimum absolute atomic E-state index is 0.0744. The number of alkyl halides is 3. The predicted octanol–water partition coefficient (Wildman–Crippen LogP) is 4.60. The largest absolute Gasteiger partial charge is 0.406 e. The van der Waals surface area contributed by atoms with Crippen LogP contribution >= 0.6 is 11.8 Å². The molecule has 1 rings (SSSR count). The first-order valence-corrected chi connectivity index (χ1v) is 7.93. The second-order valence-electron chi connectivity index (χ2n) is 6.44. The summed E-state index contributed by atoms with van der Waals surface area (Å²) in [5.41, 5.74) is -0.391. The Morgan fingerprint density at radius 3 is 2.14 bits per heavy atom. The van der Waals surface area contributed by atoms with Crippen LogP contribution in [0.3, 0.4) is 0 Å². The molecule has 0 aliphatic rings. The highest BCUT2D eigenvalue weighted by atomic mass is 32.2. The van der Waals surface area contributed by atoms with Crippen molar-refractivity contribution in [1.82, 2.24) is 4.90 Å². The number of hydrogen-bond acceptors (Lipinski definition) is 2. The Balaban J connectivity index is 2.81. The van der Waals surface area contributed by atoms with Crippen LogP contribution in [0.2, 0.25) is 0 Å². The predicted molar refractivity (Wildman–Crippen MR) is 83.9 cm³/mol. The van der Waals surface area contributed by atoms with Gasteiger partial charge in [-0.15, -0.1) is 11.8 Å². The molecule has 0 heterocycles. The van der Waals surface area contributed by atoms with Crippen LogP contribution in [0.4, 0.5) is 13.2 Å². The highest BCUT2D eigenvalue weighted by Gasteiger charge is 2.36. The minimum Gasteiger partial charge on any atom is -0.332 e. The molecule has 0 saturated carbocycles. The average Bonchev–Trinajstić information content (AvgIpc) is 2.35. The van der Waals surface area contributed by atoms with E-state index >= 15 is 0 Å². The maximum absolute atomic E-state index is 12.7. The first-order chi connectivity index (χ1) is 9.98. The number of carbonyl (C=O) groups is 1. The van der Waals surface area contributed by atoms with Crippen LogP contribution in [0, 0.1) is 5.41 Å². The minimum atomic E-state index is -4.39. The molecule has 1 aromatic carbocycles. The zero-order chi connectivity index (χ0) is 17.0. The van der Waals surface area contributed by atoms with Crippen LogP contribution < -0.4 is 0 Å². The number of carbonyl (C=O) groups excluding carboxylic acids is 1. The quantitative estimate of drug-likeness (QED) is 0.734. The zero-order valence-electron chi connectivity index (χ0n) is 13.3. The third-order valence-electron chi connectivity index (χ3n) is 2.75. The summed E-state index contributed by atoms with van der Waals surface area (Å²) < 4.78 is 38.2. The number of rotatable bonds is 5. The third kappa shape index (κ3) is 7.20. The van der Waals surface area contributed by atoms with E-state index in [9.17, 15) is 18.0 Å². The molecule has 1 atom stereocenters. The van der Waals surface area contributed by atoms with Crippen LogP contribution in [0.5, 0.6) is 0 Å². The first kappa shape index (κ1) is 18.9. The smallest absolute Gasteiger partial charge is 0.332 e. The van der Waals surface area contributed by atoms with E-state index in [4.69, 9.17) is 0 Å². The zero-order valence-corrected chi connectivity index (χ0v) is 14.1. The normalized spacial score (nSPS) is 13.8. The van der Waals surface area contributed by atoms with E-state index in [1.54, 1.807) is 6.92 Å². The molecule has 0 radical (unpaired) electrons. The summed E-state index contributed by atoms with van der Waals surface area (Å²) in [5, 5.41) is -0.563. The molecule has 0 spiro atoms. The second kappa shape index (κ2) is 7.40. The summed E-state index contributed by atoms with van der Waals surface area (Å²) in [6.07, 6.45) is -4.39. The number of nitrogens with zero attached hydrogens (tertiary/aromatic N) is 1. The van der Waals surface area contributed by atoms with Crippen LogP contribution in [0.15, 0.2) is 35.2 Å². The van der Waals surface area contributed by atoms with E-state index < -0.39 is 29.3 Å². The first-order valence-electron chi connectivity index (χ1n) is 7.05. The Morgan fingerprint density at radius 1 is 1.14 bits per heavy atom. The average molecular weight is 333 g/mol. The van der Waals surface area contributed by atoms with Gasteiger partial charge in [-0.05, 0) is 24.5 Å². The van der Waals surface area contributed by atoms with Gasteiger partial charge in [0.2, 0.25) is 5.91 Å². The van der Waals surface area contributed by atoms with Crippen molar-refractivity contribution < 1.29 is 18.0 Å². The molecule has 6 heteroatoms. The molecule has 0 aliphatic heterocycles. The van der Waals surface area contributed by atoms with Gasteiger partial charge in [-0.2, -0.15) is 13.2 Å². The van der Waals surface area contributed by atoms with Crippen molar-refractivity contribution in [3.05, 3.63) is 30.3 Å². The van der Waals surface area contributed by atoms with Gasteiger partial charge in [-0.1, -0.05) is 39.0 Å². The summed E-state index contributed by atoms with van der Waals surface area (Å²) in [6.45, 7) is 5.97. The van der Waals surface area contributed by atoms with Crippen molar-refractivity contribution >= 4 is 17.7 Å². The van der Waals surface area contributed by atoms with Crippen molar-refractivity contribution in [3.63, 3.8) is 0 Å². The SMILES string of the molecule is CC(Sc1ccccc1)C(=O)N(CC(C)(C)C)CC(F)(F)F. The van der Waals surface area contributed by atoms with Crippen molar-refractivity contribution in [2.45, 2.75) is 44.0 Å². The van der Waals surface area contributed by atoms with Gasteiger partial charge in [0.15, 0.2) is 0 Å². The lowest BCUT2D eigenvalue weighted by Crippen LogP contribution is -2.46. The lowest BCUT2D eigenvalue weighted by atomic mass is 9.96. The van der Waals surface area contributed by atoms with Gasteiger partial charge in [0.05, 0.1) is 5.25 Å². The fourth-order valence-corrected chi connectivity index (χ4v) is 2.98. The van der Waals surface area contributed by atoms with Crippen LogP contribution in [0.25, 0.3) is 0 Å². The summed E-state index contributed by atoms with van der Waals surface area (Å²) in [7, 11) is 0. The Kier molecular flexibility index (Phi) is 6.35. The Morgan fingerprint density at radius 2 is 1.68 bits per heavy atom. The van der Waals surface area contributed by atoms with Gasteiger partial charge in [0.1, 0.15) is 6.54 Å². The molecule has 0 N–H and O–H groups in total. The summed E-state index contributed by atoms with van der Waals surface area (Å²) in [4.78, 5) is 14.2. The molecule has 1 amide bonds. The molecule has 0 aromatic heterocycles. The molecule has 0 fully saturated rings. The standard InChI is InChI=1S/C16H22F3NOS/c1-12(22-13-8-6-5-7-9-13)14(21)20(10-15(2,3)4)11-16(17,18)19/h5-9,12H,10-11H2,1-4H3. The maximum Gasteiger partial charge on any atom is 0.406 e. The second-order valence-corrected chi connectivity index (χ2v) is 7.86. The number of thioether (sulfide) groups is 1. The van der Waals surface area contributed by atoms with Crippen molar-refractivity contribution in [2.24, 2.45) is 5.41 Å². The number of hydrogen-bond donors (Lipinski definition) is 0. The highest BCUT2D eigenvalue weighted by molar-refractivity contribution is 8.00. The number of amides is 1. The van der Waals surface area contributed by atoms with Crippen LogP contribution in [-0.4, -0.2) is 35.3 Å². The van der Waals surface area contributed by atoms with Gasteiger partial charge >= 0.3 is 6.18 Å². The molecule has 0 bridgehead atoms. The molecular formula is C16H22F3NOS. The van der Waals surface area contributed by atoms with E-state index in [0.29, 0.717) is 0 Å². The monoisotopic (exact) mass is 333 g/mol. The molecule has 124 valence electrons. The fourth-order valence-electron chi connectivity index (χ4n) is 2.01. The van der Waals surface area contributed by atoms with Gasteiger partial charge in [0.25, 0.3) is 0 Å². The summed E-state index contributed by atoms with van der Waals surface area (Å²) in [6, 6.07) is 9.20. The van der Waals surface area contributed by atoms with Gasteiger partial charge in [-0.3, -0.25) is 4.79 Å². The van der Waals surface area contributed by atoms with E-state index in [1.807, 2.05) is 51.1 Å². The maximum atomic E-state index is 12.7. The van der Waals surface area contributed by atoms with E-state index in [2.05, 4.69) is 0 Å². The van der Waals surface area contributed by atoms with Gasteiger partial charge in [-0.25, -0.2) is 0 Å². The van der Waals surface area contributed by atoms with Crippen LogP contribution in [0.1, 0.15) is 27.7 Å². The summed E-state index contributed by atoms with van der Waals surface area (Å²) >= 11 is 1.27. The lowest BCUT2D eigenvalue weighted by Gasteiger charge is -2.32. The number of benzene rings is 1. The molecular weight excluding hydrogens is 311 g/mol. The molecule has 22 heavy (non-hydrogen) atoms. The molecule has 1 aromatic rings. The fraction of sp³-hybridized carbons (Fsp3) is 0.562. The topological polar surface area (TPSA) is 20.3 Å². The third-order valence-corrected chi connectivity index (χ3v) is 3.85. The van der Waals surface area contributed by atoms with Crippen molar-refractivity contribution in [3.8, 4) is 0 Å². The molecule has 0 saturated heterocycles. The van der Waals surface area contributed by atoms with Crippen LogP contribution in [-0.2, 0) is 4.79 Å². The van der Waals surface area contributed by atoms with Gasteiger partial charge < -0.3 is 4.90 Å². The highest BCUT2D eigenvalue weighted by Crippen LogP contribution is 2.27. The Labute approximate surface area is 134 Å². The van der Waals surface area contributed by atoms with E-state index in [0.717, 1.165) is 9.80 Å².